The summed E-state index contributed by atoms with van der Waals surface area (Å²) in [5.41, 5.74) is 6.30. The topological polar surface area (TPSA) is 61.1 Å². The first-order chi connectivity index (χ1) is 15.1. The number of benzene rings is 1. The molecule has 1 aliphatic heterocycles. The van der Waals surface area contributed by atoms with E-state index in [4.69, 9.17) is 4.74 Å². The van der Waals surface area contributed by atoms with E-state index < -0.39 is 5.82 Å². The zero-order valence-corrected chi connectivity index (χ0v) is 16.8. The molecule has 0 fully saturated rings. The SMILES string of the molecule is Cn1c2c(c3ccc(-n4ccc(OCc5ccc(F)cn5)cc4=O)cc31)C1CC2=CN1. The van der Waals surface area contributed by atoms with Gasteiger partial charge in [0.15, 0.2) is 0 Å². The maximum Gasteiger partial charge on any atom is 0.258 e. The highest BCUT2D eigenvalue weighted by atomic mass is 19.1. The van der Waals surface area contributed by atoms with Crippen molar-refractivity contribution in [3.05, 3.63) is 94.2 Å². The summed E-state index contributed by atoms with van der Waals surface area (Å²) in [6.45, 7) is 0.162. The molecule has 6 rings (SSSR count). The van der Waals surface area contributed by atoms with Crippen molar-refractivity contribution < 1.29 is 9.13 Å². The Morgan fingerprint density at radius 3 is 2.94 bits per heavy atom. The molecule has 1 aromatic carbocycles. The molecule has 0 amide bonds. The summed E-state index contributed by atoms with van der Waals surface area (Å²) in [5, 5.41) is 4.66. The number of nitrogens with one attached hydrogen (secondary N) is 1. The van der Waals surface area contributed by atoms with E-state index in [9.17, 15) is 9.18 Å². The van der Waals surface area contributed by atoms with E-state index in [0.29, 0.717) is 17.5 Å². The molecule has 3 aromatic heterocycles. The van der Waals surface area contributed by atoms with Crippen LogP contribution < -0.4 is 15.6 Å². The van der Waals surface area contributed by atoms with Gasteiger partial charge in [0.25, 0.3) is 5.56 Å². The summed E-state index contributed by atoms with van der Waals surface area (Å²) >= 11 is 0. The van der Waals surface area contributed by atoms with Crippen LogP contribution in [0.3, 0.4) is 0 Å². The van der Waals surface area contributed by atoms with Crippen molar-refractivity contribution in [3.8, 4) is 11.4 Å². The Morgan fingerprint density at radius 2 is 2.13 bits per heavy atom. The predicted molar refractivity (Wildman–Crippen MR) is 116 cm³/mol. The molecule has 0 spiro atoms. The molecule has 1 unspecified atom stereocenters. The molecule has 2 bridgehead atoms. The third-order valence-electron chi connectivity index (χ3n) is 6.10. The zero-order valence-electron chi connectivity index (χ0n) is 16.8. The largest absolute Gasteiger partial charge is 0.487 e. The van der Waals surface area contributed by atoms with Crippen LogP contribution in [-0.4, -0.2) is 14.1 Å². The van der Waals surface area contributed by atoms with Crippen LogP contribution in [0.25, 0.3) is 22.2 Å². The molecular weight excluding hydrogens is 395 g/mol. The summed E-state index contributed by atoms with van der Waals surface area (Å²) in [7, 11) is 2.08. The molecule has 0 saturated carbocycles. The second kappa shape index (κ2) is 6.57. The molecule has 154 valence electrons. The number of halogens is 1. The Kier molecular flexibility index (Phi) is 3.80. The van der Waals surface area contributed by atoms with Gasteiger partial charge in [0, 0.05) is 42.9 Å². The summed E-state index contributed by atoms with van der Waals surface area (Å²) in [6, 6.07) is 12.6. The fourth-order valence-electron chi connectivity index (χ4n) is 4.65. The van der Waals surface area contributed by atoms with Crippen molar-refractivity contribution in [1.29, 1.82) is 0 Å². The highest BCUT2D eigenvalue weighted by Crippen LogP contribution is 2.48. The van der Waals surface area contributed by atoms with Gasteiger partial charge >= 0.3 is 0 Å². The van der Waals surface area contributed by atoms with Crippen molar-refractivity contribution >= 4 is 16.5 Å². The number of hydrogen-bond donors (Lipinski definition) is 1. The number of aromatic nitrogens is 3. The molecule has 7 heteroatoms. The van der Waals surface area contributed by atoms with Gasteiger partial charge in [0.1, 0.15) is 18.2 Å². The van der Waals surface area contributed by atoms with Crippen LogP contribution in [0.15, 0.2) is 65.9 Å². The summed E-state index contributed by atoms with van der Waals surface area (Å²) in [5.74, 6) is 0.0493. The smallest absolute Gasteiger partial charge is 0.258 e. The lowest BCUT2D eigenvalue weighted by atomic mass is 10.1. The zero-order chi connectivity index (χ0) is 21.1. The van der Waals surface area contributed by atoms with Crippen LogP contribution in [0, 0.1) is 5.82 Å². The van der Waals surface area contributed by atoms with E-state index >= 15 is 0 Å². The summed E-state index contributed by atoms with van der Waals surface area (Å²) in [6.07, 6.45) is 6.01. The van der Waals surface area contributed by atoms with Gasteiger partial charge in [0.2, 0.25) is 0 Å². The minimum absolute atomic E-state index is 0.162. The van der Waals surface area contributed by atoms with Crippen LogP contribution in [-0.2, 0) is 13.7 Å². The normalized spacial score (nSPS) is 16.3. The molecule has 1 aliphatic carbocycles. The number of nitrogens with zero attached hydrogens (tertiary/aromatic N) is 3. The molecule has 2 aliphatic rings. The van der Waals surface area contributed by atoms with Crippen molar-refractivity contribution in [2.24, 2.45) is 7.05 Å². The van der Waals surface area contributed by atoms with Crippen molar-refractivity contribution in [2.75, 3.05) is 0 Å². The number of aryl methyl sites for hydroxylation is 1. The van der Waals surface area contributed by atoms with Crippen LogP contribution in [0.4, 0.5) is 4.39 Å². The fraction of sp³-hybridized carbons (Fsp3) is 0.167. The lowest BCUT2D eigenvalue weighted by molar-refractivity contribution is 0.300. The maximum absolute atomic E-state index is 13.0. The van der Waals surface area contributed by atoms with E-state index in [1.807, 2.05) is 6.07 Å². The number of rotatable bonds is 4. The van der Waals surface area contributed by atoms with E-state index in [-0.39, 0.29) is 12.2 Å². The Morgan fingerprint density at radius 1 is 1.23 bits per heavy atom. The Labute approximate surface area is 177 Å². The maximum atomic E-state index is 13.0. The fourth-order valence-corrected chi connectivity index (χ4v) is 4.65. The molecule has 0 radical (unpaired) electrons. The van der Waals surface area contributed by atoms with Gasteiger partial charge in [-0.25, -0.2) is 4.39 Å². The predicted octanol–water partition coefficient (Wildman–Crippen LogP) is 3.83. The van der Waals surface area contributed by atoms with Gasteiger partial charge < -0.3 is 14.6 Å². The third-order valence-corrected chi connectivity index (χ3v) is 6.10. The standard InChI is InChI=1S/C24H19FN4O2/c1-28-21-9-17(4-5-19(21)23-20-8-14(11-27-20)24(23)28)29-7-6-18(10-22(29)30)31-13-16-3-2-15(25)12-26-16/h2-7,9-12,20,27H,8,13H2,1H3. The van der Waals surface area contributed by atoms with Gasteiger partial charge in [0.05, 0.1) is 34.8 Å². The second-order valence-electron chi connectivity index (χ2n) is 7.94. The average molecular weight is 414 g/mol. The summed E-state index contributed by atoms with van der Waals surface area (Å²) in [4.78, 5) is 16.7. The number of fused-ring (bicyclic) bond motifs is 7. The minimum atomic E-state index is -0.396. The Bertz CT molecular complexity index is 1430. The second-order valence-corrected chi connectivity index (χ2v) is 7.94. The highest BCUT2D eigenvalue weighted by molar-refractivity contribution is 5.95. The van der Waals surface area contributed by atoms with Gasteiger partial charge in [-0.1, -0.05) is 6.07 Å². The monoisotopic (exact) mass is 414 g/mol. The van der Waals surface area contributed by atoms with Crippen LogP contribution in [0.1, 0.15) is 29.4 Å². The lowest BCUT2D eigenvalue weighted by Gasteiger charge is -2.10. The van der Waals surface area contributed by atoms with Crippen LogP contribution in [0.5, 0.6) is 5.75 Å². The summed E-state index contributed by atoms with van der Waals surface area (Å²) < 4.78 is 22.4. The molecular formula is C24H19FN4O2. The van der Waals surface area contributed by atoms with E-state index in [1.54, 1.807) is 22.9 Å². The quantitative estimate of drug-likeness (QED) is 0.551. The van der Waals surface area contributed by atoms with Crippen molar-refractivity contribution in [3.63, 3.8) is 0 Å². The van der Waals surface area contributed by atoms with Gasteiger partial charge in [-0.05, 0) is 35.9 Å². The van der Waals surface area contributed by atoms with Gasteiger partial charge in [-0.2, -0.15) is 0 Å². The molecule has 1 atom stereocenters. The number of ether oxygens (including phenoxy) is 1. The highest BCUT2D eigenvalue weighted by Gasteiger charge is 2.35. The van der Waals surface area contributed by atoms with E-state index in [0.717, 1.165) is 23.8 Å². The molecule has 0 saturated heterocycles. The van der Waals surface area contributed by atoms with Crippen LogP contribution >= 0.6 is 0 Å². The third kappa shape index (κ3) is 2.77. The van der Waals surface area contributed by atoms with Gasteiger partial charge in [-0.3, -0.25) is 14.3 Å². The first kappa shape index (κ1) is 17.9. The number of pyridine rings is 2. The van der Waals surface area contributed by atoms with E-state index in [2.05, 4.69) is 40.2 Å². The Hall–Kier alpha value is -3.87. The van der Waals surface area contributed by atoms with Crippen molar-refractivity contribution in [2.45, 2.75) is 19.1 Å². The number of hydrogen-bond acceptors (Lipinski definition) is 4. The molecule has 1 N–H and O–H groups in total. The minimum Gasteiger partial charge on any atom is -0.487 e. The molecule has 6 nitrogen and oxygen atoms in total. The Balaban J connectivity index is 1.31. The molecule has 4 aromatic rings. The molecule has 31 heavy (non-hydrogen) atoms. The van der Waals surface area contributed by atoms with Crippen LogP contribution in [0.2, 0.25) is 0 Å². The first-order valence-electron chi connectivity index (χ1n) is 10.1. The van der Waals surface area contributed by atoms with Crippen molar-refractivity contribution in [1.82, 2.24) is 19.4 Å². The van der Waals surface area contributed by atoms with Gasteiger partial charge in [-0.15, -0.1) is 0 Å². The lowest BCUT2D eigenvalue weighted by Crippen LogP contribution is -2.16. The molecule has 4 heterocycles. The first-order valence-corrected chi connectivity index (χ1v) is 10.1. The average Bonchev–Trinajstić information content (AvgIpc) is 3.47. The van der Waals surface area contributed by atoms with E-state index in [1.165, 1.54) is 34.3 Å².